The van der Waals surface area contributed by atoms with Gasteiger partial charge in [0.15, 0.2) is 5.75 Å². The first-order chi connectivity index (χ1) is 20.0. The van der Waals surface area contributed by atoms with E-state index in [9.17, 15) is 9.59 Å². The van der Waals surface area contributed by atoms with Crippen LogP contribution in [-0.4, -0.2) is 67.5 Å². The monoisotopic (exact) mass is 606 g/mol. The molecular formula is C35H50N2O5Si. The Morgan fingerprint density at radius 2 is 1.56 bits per heavy atom. The maximum absolute atomic E-state index is 13.0. The topological polar surface area (TPSA) is 68.3 Å². The Balaban J connectivity index is 1.74. The van der Waals surface area contributed by atoms with Crippen LogP contribution in [0.1, 0.15) is 89.7 Å². The van der Waals surface area contributed by atoms with Crippen molar-refractivity contribution < 1.29 is 23.5 Å². The summed E-state index contributed by atoms with van der Waals surface area (Å²) in [7, 11) is -2.17. The number of hydrogen-bond donors (Lipinski definition) is 0. The molecule has 7 nitrogen and oxygen atoms in total. The summed E-state index contributed by atoms with van der Waals surface area (Å²) in [5.74, 6) is 1.55. The second-order valence-electron chi connectivity index (χ2n) is 14.2. The van der Waals surface area contributed by atoms with E-state index in [0.29, 0.717) is 44.6 Å². The largest absolute Gasteiger partial charge is 0.541 e. The summed E-state index contributed by atoms with van der Waals surface area (Å²) in [6, 6.07) is 14.0. The van der Waals surface area contributed by atoms with E-state index in [1.54, 1.807) is 4.90 Å². The molecule has 2 aromatic carbocycles. The van der Waals surface area contributed by atoms with E-state index in [-0.39, 0.29) is 17.0 Å². The first kappa shape index (κ1) is 32.6. The number of benzene rings is 2. The number of carbonyl (C=O) groups is 2. The molecule has 2 aliphatic rings. The van der Waals surface area contributed by atoms with Crippen LogP contribution in [0.25, 0.3) is 5.57 Å². The van der Waals surface area contributed by atoms with Crippen molar-refractivity contribution >= 4 is 25.9 Å². The maximum Gasteiger partial charge on any atom is 0.410 e. The fourth-order valence-corrected chi connectivity index (χ4v) is 6.30. The Morgan fingerprint density at radius 1 is 0.953 bits per heavy atom. The van der Waals surface area contributed by atoms with Crippen molar-refractivity contribution in [3.63, 3.8) is 0 Å². The zero-order valence-electron chi connectivity index (χ0n) is 27.8. The molecule has 2 heterocycles. The van der Waals surface area contributed by atoms with Crippen LogP contribution in [-0.2, 0) is 4.74 Å². The van der Waals surface area contributed by atoms with Gasteiger partial charge in [-0.2, -0.15) is 0 Å². The summed E-state index contributed by atoms with van der Waals surface area (Å²) in [4.78, 5) is 29.5. The number of likely N-dealkylation sites (tertiary alicyclic amines) is 1. The van der Waals surface area contributed by atoms with Gasteiger partial charge in [0.2, 0.25) is 0 Å². The third-order valence-electron chi connectivity index (χ3n) is 8.91. The molecule has 0 radical (unpaired) electrons. The summed E-state index contributed by atoms with van der Waals surface area (Å²) in [5.41, 5.74) is 2.56. The lowest BCUT2D eigenvalue weighted by Crippen LogP contribution is -2.51. The number of rotatable bonds is 6. The number of amides is 2. The molecule has 0 saturated carbocycles. The summed E-state index contributed by atoms with van der Waals surface area (Å²) < 4.78 is 19.4. The fourth-order valence-electron chi connectivity index (χ4n) is 5.28. The van der Waals surface area contributed by atoms with Gasteiger partial charge in [-0.1, -0.05) is 45.0 Å². The molecule has 0 aliphatic carbocycles. The first-order valence-electron chi connectivity index (χ1n) is 15.6. The molecule has 1 saturated heterocycles. The minimum absolute atomic E-state index is 0.0206. The zero-order valence-corrected chi connectivity index (χ0v) is 28.8. The van der Waals surface area contributed by atoms with Crippen LogP contribution in [0.2, 0.25) is 18.1 Å². The van der Waals surface area contributed by atoms with E-state index < -0.39 is 19.5 Å². The number of piperidine rings is 1. The van der Waals surface area contributed by atoms with E-state index in [4.69, 9.17) is 13.9 Å². The van der Waals surface area contributed by atoms with Gasteiger partial charge in [0.1, 0.15) is 17.0 Å². The van der Waals surface area contributed by atoms with Crippen LogP contribution in [0.5, 0.6) is 11.5 Å². The van der Waals surface area contributed by atoms with Crippen LogP contribution < -0.4 is 9.16 Å². The second-order valence-corrected chi connectivity index (χ2v) is 19.0. The normalized spacial score (nSPS) is 16.6. The minimum atomic E-state index is -2.17. The Bertz CT molecular complexity index is 1360. The predicted octanol–water partition coefficient (Wildman–Crippen LogP) is 8.15. The highest BCUT2D eigenvalue weighted by atomic mass is 28.4. The molecule has 0 N–H and O–H groups in total. The van der Waals surface area contributed by atoms with Crippen LogP contribution in [0.15, 0.2) is 48.5 Å². The number of nitrogens with zero attached hydrogens (tertiary/aromatic N) is 2. The third-order valence-corrected chi connectivity index (χ3v) is 13.3. The van der Waals surface area contributed by atoms with Crippen molar-refractivity contribution in [1.29, 1.82) is 0 Å². The lowest BCUT2D eigenvalue weighted by molar-refractivity contribution is -0.00162. The van der Waals surface area contributed by atoms with Gasteiger partial charge < -0.3 is 23.7 Å². The quantitative estimate of drug-likeness (QED) is 0.311. The Labute approximate surface area is 259 Å². The summed E-state index contributed by atoms with van der Waals surface area (Å²) in [6.07, 6.45) is 3.18. The van der Waals surface area contributed by atoms with Crippen molar-refractivity contribution in [1.82, 2.24) is 9.80 Å². The van der Waals surface area contributed by atoms with E-state index >= 15 is 0 Å². The lowest BCUT2D eigenvalue weighted by atomic mass is 9.82. The first-order valence-corrected chi connectivity index (χ1v) is 18.5. The van der Waals surface area contributed by atoms with Gasteiger partial charge in [-0.25, -0.2) is 4.79 Å². The highest BCUT2D eigenvalue weighted by Gasteiger charge is 2.44. The van der Waals surface area contributed by atoms with Crippen molar-refractivity contribution in [2.24, 2.45) is 0 Å². The summed E-state index contributed by atoms with van der Waals surface area (Å²) in [6.45, 7) is 23.2. The third kappa shape index (κ3) is 7.11. The maximum atomic E-state index is 13.0. The van der Waals surface area contributed by atoms with Crippen LogP contribution in [0, 0.1) is 0 Å². The number of fused-ring (bicyclic) bond motifs is 1. The molecular weight excluding hydrogens is 556 g/mol. The average molecular weight is 607 g/mol. The number of hydrogen-bond acceptors (Lipinski definition) is 5. The van der Waals surface area contributed by atoms with Crippen molar-refractivity contribution in [3.05, 3.63) is 65.2 Å². The van der Waals surface area contributed by atoms with Gasteiger partial charge in [-0.15, -0.1) is 0 Å². The molecule has 0 aromatic heterocycles. The van der Waals surface area contributed by atoms with E-state index in [0.717, 1.165) is 28.2 Å². The van der Waals surface area contributed by atoms with Gasteiger partial charge in [-0.05, 0) is 88.2 Å². The molecule has 2 amide bonds. The SMILES string of the molecule is CCN(CC)C(=O)c1ccc(C2=CC3(CCN(C(=O)OC(C)(C)C)CC3)Oc3c(O[Si](C)(C)C(C)(C)C)cccc32)cc1. The van der Waals surface area contributed by atoms with E-state index in [1.807, 2.05) is 75.9 Å². The van der Waals surface area contributed by atoms with Gasteiger partial charge >= 0.3 is 6.09 Å². The molecule has 43 heavy (non-hydrogen) atoms. The van der Waals surface area contributed by atoms with Gasteiger partial charge in [0.05, 0.1) is 0 Å². The molecule has 8 heteroatoms. The Hall–Kier alpha value is -3.26. The second kappa shape index (κ2) is 12.0. The molecule has 0 unspecified atom stereocenters. The van der Waals surface area contributed by atoms with Gasteiger partial charge in [0, 0.05) is 50.1 Å². The van der Waals surface area contributed by atoms with Gasteiger partial charge in [0.25, 0.3) is 14.2 Å². The molecule has 234 valence electrons. The van der Waals surface area contributed by atoms with Crippen molar-refractivity contribution in [2.45, 2.75) is 97.6 Å². The fraction of sp³-hybridized carbons (Fsp3) is 0.543. The molecule has 0 atom stereocenters. The average Bonchev–Trinajstić information content (AvgIpc) is 2.92. The summed E-state index contributed by atoms with van der Waals surface area (Å²) in [5, 5.41) is 0.0206. The number of ether oxygens (including phenoxy) is 2. The number of carbonyl (C=O) groups excluding carboxylic acids is 2. The smallest absolute Gasteiger partial charge is 0.410 e. The van der Waals surface area contributed by atoms with Crippen molar-refractivity contribution in [2.75, 3.05) is 26.2 Å². The van der Waals surface area contributed by atoms with Crippen LogP contribution in [0.4, 0.5) is 4.79 Å². The molecule has 4 rings (SSSR count). The van der Waals surface area contributed by atoms with E-state index in [2.05, 4.69) is 46.0 Å². The molecule has 1 spiro atoms. The standard InChI is InChI=1S/C35H50N2O5Si/c1-11-36(12-2)31(38)26-18-16-25(17-19-26)28-24-35(20-22-37(23-21-35)32(39)41-33(3,4)5)40-30-27(28)14-13-15-29(30)42-43(9,10)34(6,7)8/h13-19,24H,11-12,20-23H2,1-10H3. The highest BCUT2D eigenvalue weighted by molar-refractivity contribution is 6.74. The highest BCUT2D eigenvalue weighted by Crippen LogP contribution is 2.49. The van der Waals surface area contributed by atoms with Crippen LogP contribution in [0.3, 0.4) is 0 Å². The number of para-hydroxylation sites is 1. The predicted molar refractivity (Wildman–Crippen MR) is 175 cm³/mol. The van der Waals surface area contributed by atoms with Gasteiger partial charge in [-0.3, -0.25) is 4.79 Å². The van der Waals surface area contributed by atoms with Crippen molar-refractivity contribution in [3.8, 4) is 11.5 Å². The zero-order chi connectivity index (χ0) is 31.8. The Kier molecular flexibility index (Phi) is 9.13. The molecule has 2 aliphatic heterocycles. The minimum Gasteiger partial charge on any atom is -0.541 e. The molecule has 1 fully saturated rings. The summed E-state index contributed by atoms with van der Waals surface area (Å²) >= 11 is 0. The Morgan fingerprint density at radius 3 is 2.09 bits per heavy atom. The van der Waals surface area contributed by atoms with Crippen LogP contribution >= 0.6 is 0 Å². The molecule has 2 aromatic rings. The molecule has 0 bridgehead atoms. The lowest BCUT2D eigenvalue weighted by Gasteiger charge is -2.44. The van der Waals surface area contributed by atoms with E-state index in [1.165, 1.54) is 0 Å².